The number of fused-ring (bicyclic) bond motifs is 7. The molecule has 0 aliphatic heterocycles. The zero-order valence-corrected chi connectivity index (χ0v) is 37.3. The second kappa shape index (κ2) is 14.9. The Morgan fingerprint density at radius 2 is 0.615 bits per heavy atom. The van der Waals surface area contributed by atoms with Gasteiger partial charge in [-0.3, -0.25) is 0 Å². The SMILES string of the molecule is CC1(C)c2cc(-c3ccc(-c4ccccc4)cc3)ccc2-c2ccc(N(c3ccc4c(c3)C(C)(C)c3cc(-c5ccc(-c6ccccc6)cc5)ccc3-4)c3cccc4ccccc34)cc21. The quantitative estimate of drug-likeness (QED) is 0.155. The van der Waals surface area contributed by atoms with Crippen LogP contribution in [0.5, 0.6) is 0 Å². The van der Waals surface area contributed by atoms with Gasteiger partial charge in [0.05, 0.1) is 5.69 Å². The van der Waals surface area contributed by atoms with Crippen LogP contribution >= 0.6 is 0 Å². The molecule has 0 saturated heterocycles. The Hall–Kier alpha value is -7.74. The molecule has 0 spiro atoms. The predicted octanol–water partition coefficient (Wildman–Crippen LogP) is 17.6. The fourth-order valence-electron chi connectivity index (χ4n) is 10.9. The van der Waals surface area contributed by atoms with E-state index < -0.39 is 0 Å². The molecule has 0 heterocycles. The Bertz CT molecular complexity index is 3250. The number of anilines is 3. The molecule has 2 aliphatic carbocycles. The summed E-state index contributed by atoms with van der Waals surface area (Å²) in [6, 6.07) is 83.3. The number of nitrogens with zero attached hydrogens (tertiary/aromatic N) is 1. The smallest absolute Gasteiger partial charge is 0.0540 e. The predicted molar refractivity (Wildman–Crippen MR) is 276 cm³/mol. The van der Waals surface area contributed by atoms with Crippen molar-refractivity contribution in [1.82, 2.24) is 0 Å². The second-order valence-electron chi connectivity index (χ2n) is 19.0. The van der Waals surface area contributed by atoms with Crippen LogP contribution < -0.4 is 4.90 Å². The molecule has 10 aromatic rings. The van der Waals surface area contributed by atoms with E-state index in [4.69, 9.17) is 0 Å². The summed E-state index contributed by atoms with van der Waals surface area (Å²) in [4.78, 5) is 2.50. The maximum Gasteiger partial charge on any atom is 0.0540 e. The van der Waals surface area contributed by atoms with Crippen LogP contribution in [0, 0.1) is 0 Å². The first-order chi connectivity index (χ1) is 31.7. The third kappa shape index (κ3) is 6.37. The maximum absolute atomic E-state index is 2.50. The Morgan fingerprint density at radius 1 is 0.277 bits per heavy atom. The van der Waals surface area contributed by atoms with E-state index in [0.717, 1.165) is 11.4 Å². The number of benzene rings is 10. The molecular weight excluding hydrogens is 783 g/mol. The van der Waals surface area contributed by atoms with Crippen molar-refractivity contribution in [2.45, 2.75) is 38.5 Å². The third-order valence-corrected chi connectivity index (χ3v) is 14.5. The molecule has 0 fully saturated rings. The largest absolute Gasteiger partial charge is 0.310 e. The van der Waals surface area contributed by atoms with Gasteiger partial charge >= 0.3 is 0 Å². The molecule has 1 heteroatoms. The topological polar surface area (TPSA) is 3.24 Å². The minimum Gasteiger partial charge on any atom is -0.310 e. The van der Waals surface area contributed by atoms with Gasteiger partial charge in [-0.05, 0) is 137 Å². The molecular formula is C64H49N. The Kier molecular flexibility index (Phi) is 8.94. The zero-order chi connectivity index (χ0) is 43.9. The van der Waals surface area contributed by atoms with E-state index in [9.17, 15) is 0 Å². The first-order valence-electron chi connectivity index (χ1n) is 22.9. The van der Waals surface area contributed by atoms with Crippen LogP contribution in [0.2, 0.25) is 0 Å². The van der Waals surface area contributed by atoms with Crippen molar-refractivity contribution < 1.29 is 0 Å². The second-order valence-corrected chi connectivity index (χ2v) is 19.0. The highest BCUT2D eigenvalue weighted by molar-refractivity contribution is 6.00. The zero-order valence-electron chi connectivity index (χ0n) is 37.3. The highest BCUT2D eigenvalue weighted by Gasteiger charge is 2.38. The molecule has 0 bridgehead atoms. The minimum absolute atomic E-state index is 0.202. The third-order valence-electron chi connectivity index (χ3n) is 14.5. The lowest BCUT2D eigenvalue weighted by Crippen LogP contribution is -2.18. The van der Waals surface area contributed by atoms with Crippen LogP contribution in [0.4, 0.5) is 17.1 Å². The molecule has 10 aromatic carbocycles. The lowest BCUT2D eigenvalue weighted by Gasteiger charge is -2.30. The Morgan fingerprint density at radius 3 is 1.08 bits per heavy atom. The minimum atomic E-state index is -0.202. The van der Waals surface area contributed by atoms with Gasteiger partial charge in [0.15, 0.2) is 0 Å². The van der Waals surface area contributed by atoms with Gasteiger partial charge in [0.1, 0.15) is 0 Å². The number of hydrogen-bond acceptors (Lipinski definition) is 1. The van der Waals surface area contributed by atoms with Crippen molar-refractivity contribution in [3.8, 4) is 66.8 Å². The maximum atomic E-state index is 2.50. The van der Waals surface area contributed by atoms with Crippen LogP contribution in [-0.2, 0) is 10.8 Å². The van der Waals surface area contributed by atoms with E-state index in [1.165, 1.54) is 105 Å². The summed E-state index contributed by atoms with van der Waals surface area (Å²) in [6.07, 6.45) is 0. The van der Waals surface area contributed by atoms with E-state index in [0.29, 0.717) is 0 Å². The first-order valence-corrected chi connectivity index (χ1v) is 22.9. The van der Waals surface area contributed by atoms with Gasteiger partial charge < -0.3 is 4.90 Å². The molecule has 65 heavy (non-hydrogen) atoms. The van der Waals surface area contributed by atoms with E-state index in [-0.39, 0.29) is 10.8 Å². The van der Waals surface area contributed by atoms with E-state index >= 15 is 0 Å². The van der Waals surface area contributed by atoms with Crippen molar-refractivity contribution in [2.24, 2.45) is 0 Å². The Labute approximate surface area is 383 Å². The molecule has 12 rings (SSSR count). The van der Waals surface area contributed by atoms with Crippen LogP contribution in [-0.4, -0.2) is 0 Å². The average Bonchev–Trinajstić information content (AvgIpc) is 3.72. The molecule has 0 unspecified atom stereocenters. The van der Waals surface area contributed by atoms with Crippen molar-refractivity contribution in [3.63, 3.8) is 0 Å². The summed E-state index contributed by atoms with van der Waals surface area (Å²) in [7, 11) is 0. The summed E-state index contributed by atoms with van der Waals surface area (Å²) in [5.41, 5.74) is 23.7. The fourth-order valence-corrected chi connectivity index (χ4v) is 10.9. The van der Waals surface area contributed by atoms with Crippen molar-refractivity contribution in [1.29, 1.82) is 0 Å². The molecule has 1 nitrogen and oxygen atoms in total. The lowest BCUT2D eigenvalue weighted by atomic mass is 9.81. The number of rotatable bonds is 7. The first kappa shape index (κ1) is 38.9. The van der Waals surface area contributed by atoms with Crippen LogP contribution in [0.1, 0.15) is 49.9 Å². The Balaban J connectivity index is 0.924. The summed E-state index contributed by atoms with van der Waals surface area (Å²) in [5.74, 6) is 0. The van der Waals surface area contributed by atoms with E-state index in [1.807, 2.05) is 0 Å². The standard InChI is InChI=1S/C64H49N/c1-63(2)58-38-49(46-26-22-44(23-27-46)42-14-7-5-8-15-42)30-34-54(58)56-36-32-51(40-60(56)63)65(62-21-13-19-48-18-11-12-20-53(48)62)52-33-37-57-55-35-31-50(39-59(55)64(3,4)61(57)41-52)47-28-24-45(25-29-47)43-16-9-6-10-17-43/h5-41H,1-4H3. The lowest BCUT2D eigenvalue weighted by molar-refractivity contribution is 0.660. The molecule has 2 aliphatic rings. The van der Waals surface area contributed by atoms with Gasteiger partial charge in [0, 0.05) is 27.6 Å². The van der Waals surface area contributed by atoms with Gasteiger partial charge in [-0.25, -0.2) is 0 Å². The summed E-state index contributed by atoms with van der Waals surface area (Å²) in [5, 5.41) is 2.46. The van der Waals surface area contributed by atoms with Crippen molar-refractivity contribution in [2.75, 3.05) is 4.90 Å². The van der Waals surface area contributed by atoms with Crippen molar-refractivity contribution in [3.05, 3.63) is 247 Å². The highest BCUT2D eigenvalue weighted by atomic mass is 15.1. The van der Waals surface area contributed by atoms with E-state index in [1.54, 1.807) is 0 Å². The van der Waals surface area contributed by atoms with Gasteiger partial charge in [-0.1, -0.05) is 210 Å². The molecule has 310 valence electrons. The van der Waals surface area contributed by atoms with Crippen molar-refractivity contribution >= 4 is 27.8 Å². The monoisotopic (exact) mass is 831 g/mol. The summed E-state index contributed by atoms with van der Waals surface area (Å²) >= 11 is 0. The van der Waals surface area contributed by atoms with Gasteiger partial charge in [-0.2, -0.15) is 0 Å². The normalized spacial score (nSPS) is 13.8. The summed E-state index contributed by atoms with van der Waals surface area (Å²) in [6.45, 7) is 9.58. The van der Waals surface area contributed by atoms with Gasteiger partial charge in [0.2, 0.25) is 0 Å². The van der Waals surface area contributed by atoms with Crippen LogP contribution in [0.15, 0.2) is 224 Å². The van der Waals surface area contributed by atoms with Crippen LogP contribution in [0.25, 0.3) is 77.5 Å². The van der Waals surface area contributed by atoms with Crippen LogP contribution in [0.3, 0.4) is 0 Å². The molecule has 0 saturated carbocycles. The molecule has 0 aromatic heterocycles. The summed E-state index contributed by atoms with van der Waals surface area (Å²) < 4.78 is 0. The fraction of sp³-hybridized carbons (Fsp3) is 0.0938. The highest BCUT2D eigenvalue weighted by Crippen LogP contribution is 2.54. The molecule has 0 N–H and O–H groups in total. The van der Waals surface area contributed by atoms with Gasteiger partial charge in [0.25, 0.3) is 0 Å². The number of hydrogen-bond donors (Lipinski definition) is 0. The average molecular weight is 832 g/mol. The molecule has 0 radical (unpaired) electrons. The molecule has 0 atom stereocenters. The van der Waals surface area contributed by atoms with E-state index in [2.05, 4.69) is 257 Å². The van der Waals surface area contributed by atoms with Gasteiger partial charge in [-0.15, -0.1) is 0 Å². The molecule has 0 amide bonds.